The highest BCUT2D eigenvalue weighted by Crippen LogP contribution is 2.26. The molecule has 1 aromatic rings. The molecule has 0 saturated carbocycles. The summed E-state index contributed by atoms with van der Waals surface area (Å²) in [4.78, 5) is 27.9. The topological polar surface area (TPSA) is 65.5 Å². The monoisotopic (exact) mass is 251 g/mol. The molecule has 1 rings (SSSR count). The lowest BCUT2D eigenvalue weighted by molar-refractivity contribution is -0.163. The summed E-state index contributed by atoms with van der Waals surface area (Å²) < 4.78 is 9.94. The Balaban J connectivity index is 3.17. The second-order valence-electron chi connectivity index (χ2n) is 3.80. The number of hydrogen-bond acceptors (Lipinski definition) is 5. The zero-order chi connectivity index (χ0) is 13.6. The first-order valence-electron chi connectivity index (χ1n) is 5.82. The van der Waals surface area contributed by atoms with Crippen molar-refractivity contribution in [1.29, 1.82) is 0 Å². The first-order valence-corrected chi connectivity index (χ1v) is 5.82. The lowest BCUT2D eigenvalue weighted by Crippen LogP contribution is -2.43. The number of carbonyl (C=O) groups is 2. The van der Waals surface area contributed by atoms with Crippen LogP contribution in [-0.4, -0.2) is 30.1 Å². The highest BCUT2D eigenvalue weighted by atomic mass is 16.6. The van der Waals surface area contributed by atoms with E-state index in [1.54, 1.807) is 26.0 Å². The Bertz CT molecular complexity index is 398. The molecule has 0 aliphatic heterocycles. The van der Waals surface area contributed by atoms with Crippen LogP contribution in [0, 0.1) is 0 Å². The van der Waals surface area contributed by atoms with Crippen LogP contribution >= 0.6 is 0 Å². The Morgan fingerprint density at radius 2 is 1.56 bits per heavy atom. The molecular formula is C13H17NO4. The van der Waals surface area contributed by atoms with Gasteiger partial charge in [-0.05, 0) is 38.5 Å². The predicted molar refractivity (Wildman–Crippen MR) is 64.9 cm³/mol. The molecule has 98 valence electrons. The average molecular weight is 251 g/mol. The number of pyridine rings is 1. The molecule has 0 amide bonds. The summed E-state index contributed by atoms with van der Waals surface area (Å²) in [6.45, 7) is 5.29. The fourth-order valence-electron chi connectivity index (χ4n) is 1.56. The van der Waals surface area contributed by atoms with Gasteiger partial charge in [0.1, 0.15) is 0 Å². The highest BCUT2D eigenvalue weighted by molar-refractivity contribution is 6.05. The van der Waals surface area contributed by atoms with E-state index in [1.807, 2.05) is 0 Å². The molecule has 1 heterocycles. The van der Waals surface area contributed by atoms with Crippen molar-refractivity contribution in [2.24, 2.45) is 0 Å². The van der Waals surface area contributed by atoms with Gasteiger partial charge >= 0.3 is 11.9 Å². The number of rotatable bonds is 5. The molecular weight excluding hydrogens is 234 g/mol. The van der Waals surface area contributed by atoms with E-state index in [0.717, 1.165) is 0 Å². The summed E-state index contributed by atoms with van der Waals surface area (Å²) in [5.74, 6) is -1.23. The number of carbonyl (C=O) groups excluding carboxylic acids is 2. The minimum absolute atomic E-state index is 0.207. The highest BCUT2D eigenvalue weighted by Gasteiger charge is 2.46. The summed E-state index contributed by atoms with van der Waals surface area (Å²) in [6, 6.07) is 3.21. The van der Waals surface area contributed by atoms with Gasteiger partial charge in [0.05, 0.1) is 13.2 Å². The summed E-state index contributed by atoms with van der Waals surface area (Å²) in [7, 11) is 0. The number of aromatic nitrogens is 1. The zero-order valence-electron chi connectivity index (χ0n) is 10.8. The van der Waals surface area contributed by atoms with Crippen LogP contribution in [0.5, 0.6) is 0 Å². The predicted octanol–water partition coefficient (Wildman–Crippen LogP) is 1.47. The number of esters is 2. The molecule has 0 radical (unpaired) electrons. The Labute approximate surface area is 106 Å². The Morgan fingerprint density at radius 1 is 1.11 bits per heavy atom. The molecule has 0 atom stereocenters. The average Bonchev–Trinajstić information content (AvgIpc) is 2.39. The second-order valence-corrected chi connectivity index (χ2v) is 3.80. The standard InChI is InChI=1S/C13H17NO4/c1-4-17-11(15)13(3,12(16)18-5-2)10-6-8-14-9-7-10/h6-9H,4-5H2,1-3H3. The van der Waals surface area contributed by atoms with Gasteiger partial charge in [-0.3, -0.25) is 14.6 Å². The van der Waals surface area contributed by atoms with Gasteiger partial charge in [-0.25, -0.2) is 0 Å². The van der Waals surface area contributed by atoms with E-state index < -0.39 is 17.4 Å². The molecule has 18 heavy (non-hydrogen) atoms. The largest absolute Gasteiger partial charge is 0.465 e. The van der Waals surface area contributed by atoms with Crippen LogP contribution in [0.25, 0.3) is 0 Å². The fraction of sp³-hybridized carbons (Fsp3) is 0.462. The molecule has 0 bridgehead atoms. The number of nitrogens with zero attached hydrogens (tertiary/aromatic N) is 1. The van der Waals surface area contributed by atoms with E-state index in [-0.39, 0.29) is 13.2 Å². The van der Waals surface area contributed by atoms with Crippen molar-refractivity contribution < 1.29 is 19.1 Å². The Hall–Kier alpha value is -1.91. The van der Waals surface area contributed by atoms with E-state index >= 15 is 0 Å². The van der Waals surface area contributed by atoms with Crippen LogP contribution in [-0.2, 0) is 24.5 Å². The minimum atomic E-state index is -1.45. The van der Waals surface area contributed by atoms with Gasteiger partial charge in [-0.15, -0.1) is 0 Å². The van der Waals surface area contributed by atoms with E-state index in [9.17, 15) is 9.59 Å². The smallest absolute Gasteiger partial charge is 0.327 e. The molecule has 0 fully saturated rings. The van der Waals surface area contributed by atoms with Crippen LogP contribution in [0.1, 0.15) is 26.3 Å². The maximum Gasteiger partial charge on any atom is 0.327 e. The van der Waals surface area contributed by atoms with Crippen molar-refractivity contribution in [2.45, 2.75) is 26.2 Å². The molecule has 0 saturated heterocycles. The number of ether oxygens (including phenoxy) is 2. The van der Waals surface area contributed by atoms with Gasteiger partial charge in [-0.2, -0.15) is 0 Å². The summed E-state index contributed by atoms with van der Waals surface area (Å²) >= 11 is 0. The summed E-state index contributed by atoms with van der Waals surface area (Å²) in [5.41, 5.74) is -0.941. The van der Waals surface area contributed by atoms with Gasteiger partial charge in [0, 0.05) is 12.4 Å². The van der Waals surface area contributed by atoms with Gasteiger partial charge in [0.25, 0.3) is 0 Å². The second kappa shape index (κ2) is 6.14. The first-order chi connectivity index (χ1) is 8.57. The van der Waals surface area contributed by atoms with Gasteiger partial charge in [0.2, 0.25) is 0 Å². The van der Waals surface area contributed by atoms with Gasteiger partial charge < -0.3 is 9.47 Å². The van der Waals surface area contributed by atoms with E-state index in [4.69, 9.17) is 9.47 Å². The van der Waals surface area contributed by atoms with Crippen LogP contribution in [0.15, 0.2) is 24.5 Å². The Kier molecular flexibility index (Phi) is 4.83. The molecule has 5 heteroatoms. The summed E-state index contributed by atoms with van der Waals surface area (Å²) in [5, 5.41) is 0. The van der Waals surface area contributed by atoms with E-state index in [0.29, 0.717) is 5.56 Å². The van der Waals surface area contributed by atoms with E-state index in [1.165, 1.54) is 19.3 Å². The zero-order valence-corrected chi connectivity index (χ0v) is 10.8. The SMILES string of the molecule is CCOC(=O)C(C)(C(=O)OCC)c1ccncc1. The first kappa shape index (κ1) is 14.2. The molecule has 5 nitrogen and oxygen atoms in total. The normalized spacial score (nSPS) is 10.8. The van der Waals surface area contributed by atoms with Crippen molar-refractivity contribution >= 4 is 11.9 Å². The molecule has 0 N–H and O–H groups in total. The van der Waals surface area contributed by atoms with Crippen molar-refractivity contribution in [3.8, 4) is 0 Å². The molecule has 1 aromatic heterocycles. The maximum absolute atomic E-state index is 12.0. The number of hydrogen-bond donors (Lipinski definition) is 0. The third-order valence-electron chi connectivity index (χ3n) is 2.63. The quantitative estimate of drug-likeness (QED) is 0.585. The summed E-state index contributed by atoms with van der Waals surface area (Å²) in [6.07, 6.45) is 3.04. The van der Waals surface area contributed by atoms with Crippen molar-refractivity contribution in [3.05, 3.63) is 30.1 Å². The molecule has 0 spiro atoms. The third kappa shape index (κ3) is 2.67. The van der Waals surface area contributed by atoms with Crippen LogP contribution in [0.2, 0.25) is 0 Å². The molecule has 0 aliphatic carbocycles. The molecule has 0 aromatic carbocycles. The molecule has 0 aliphatic rings. The lowest BCUT2D eigenvalue weighted by Gasteiger charge is -2.25. The van der Waals surface area contributed by atoms with Crippen molar-refractivity contribution in [3.63, 3.8) is 0 Å². The van der Waals surface area contributed by atoms with Crippen LogP contribution in [0.3, 0.4) is 0 Å². The van der Waals surface area contributed by atoms with Crippen LogP contribution in [0.4, 0.5) is 0 Å². The maximum atomic E-state index is 12.0. The van der Waals surface area contributed by atoms with Crippen molar-refractivity contribution in [1.82, 2.24) is 4.98 Å². The van der Waals surface area contributed by atoms with Crippen LogP contribution < -0.4 is 0 Å². The van der Waals surface area contributed by atoms with Gasteiger partial charge in [0.15, 0.2) is 5.41 Å². The lowest BCUT2D eigenvalue weighted by atomic mass is 9.83. The van der Waals surface area contributed by atoms with Gasteiger partial charge in [-0.1, -0.05) is 0 Å². The Morgan fingerprint density at radius 3 is 1.94 bits per heavy atom. The third-order valence-corrected chi connectivity index (χ3v) is 2.63. The van der Waals surface area contributed by atoms with Crippen molar-refractivity contribution in [2.75, 3.05) is 13.2 Å². The van der Waals surface area contributed by atoms with E-state index in [2.05, 4.69) is 4.98 Å². The fourth-order valence-corrected chi connectivity index (χ4v) is 1.56. The minimum Gasteiger partial charge on any atom is -0.465 e. The molecule has 0 unspecified atom stereocenters.